The van der Waals surface area contributed by atoms with E-state index in [9.17, 15) is 14.0 Å². The Balaban J connectivity index is 1.59. The maximum atomic E-state index is 13.9. The van der Waals surface area contributed by atoms with E-state index >= 15 is 0 Å². The molecule has 0 spiro atoms. The Labute approximate surface area is 206 Å². The number of thioether (sulfide) groups is 1. The first kappa shape index (κ1) is 23.7. The molecular formula is C26H20FNO4S2. The summed E-state index contributed by atoms with van der Waals surface area (Å²) in [5, 5.41) is 0. The van der Waals surface area contributed by atoms with Gasteiger partial charge in [-0.15, -0.1) is 0 Å². The van der Waals surface area contributed by atoms with Crippen LogP contribution in [0.1, 0.15) is 28.4 Å². The fraction of sp³-hybridized carbons (Fsp3) is 0.115. The summed E-state index contributed by atoms with van der Waals surface area (Å²) < 4.78 is 25.4. The molecule has 0 bridgehead atoms. The van der Waals surface area contributed by atoms with Crippen LogP contribution >= 0.6 is 24.0 Å². The first-order chi connectivity index (χ1) is 16.4. The van der Waals surface area contributed by atoms with Crippen molar-refractivity contribution >= 4 is 51.9 Å². The molecular weight excluding hydrogens is 473 g/mol. The highest BCUT2D eigenvalue weighted by Crippen LogP contribution is 2.37. The highest BCUT2D eigenvalue weighted by molar-refractivity contribution is 8.27. The minimum absolute atomic E-state index is 0.152. The van der Waals surface area contributed by atoms with Crippen LogP contribution < -0.4 is 14.4 Å². The summed E-state index contributed by atoms with van der Waals surface area (Å²) in [7, 11) is 0. The van der Waals surface area contributed by atoms with Gasteiger partial charge in [0.25, 0.3) is 5.91 Å². The van der Waals surface area contributed by atoms with Gasteiger partial charge in [-0.3, -0.25) is 9.69 Å². The summed E-state index contributed by atoms with van der Waals surface area (Å²) in [5.74, 6) is -1.26. The molecule has 0 saturated carbocycles. The lowest BCUT2D eigenvalue weighted by Crippen LogP contribution is -2.27. The normalized spacial score (nSPS) is 14.6. The number of rotatable bonds is 6. The minimum atomic E-state index is -0.828. The highest BCUT2D eigenvalue weighted by atomic mass is 32.2. The number of ether oxygens (including phenoxy) is 2. The van der Waals surface area contributed by atoms with Gasteiger partial charge >= 0.3 is 5.97 Å². The van der Waals surface area contributed by atoms with Gasteiger partial charge in [-0.25, -0.2) is 9.18 Å². The van der Waals surface area contributed by atoms with Gasteiger partial charge in [0.15, 0.2) is 15.8 Å². The number of halogens is 1. The number of aryl methyl sites for hydroxylation is 1. The predicted molar refractivity (Wildman–Crippen MR) is 136 cm³/mol. The zero-order valence-corrected chi connectivity index (χ0v) is 20.0. The van der Waals surface area contributed by atoms with Crippen LogP contribution in [0.5, 0.6) is 11.5 Å². The number of nitrogens with zero attached hydrogens (tertiary/aromatic N) is 1. The summed E-state index contributed by atoms with van der Waals surface area (Å²) in [6.07, 6.45) is 1.71. The molecule has 1 amide bonds. The number of benzene rings is 3. The molecule has 1 aliphatic heterocycles. The Bertz CT molecular complexity index is 1300. The fourth-order valence-corrected chi connectivity index (χ4v) is 4.58. The molecule has 1 fully saturated rings. The summed E-state index contributed by atoms with van der Waals surface area (Å²) in [6, 6.07) is 18.0. The van der Waals surface area contributed by atoms with E-state index in [-0.39, 0.29) is 17.2 Å². The van der Waals surface area contributed by atoms with Crippen molar-refractivity contribution in [3.63, 3.8) is 0 Å². The zero-order valence-electron chi connectivity index (χ0n) is 18.4. The van der Waals surface area contributed by atoms with Crippen molar-refractivity contribution < 1.29 is 23.5 Å². The smallest absolute Gasteiger partial charge is 0.346 e. The van der Waals surface area contributed by atoms with E-state index in [0.717, 1.165) is 5.56 Å². The van der Waals surface area contributed by atoms with Crippen molar-refractivity contribution in [1.82, 2.24) is 0 Å². The van der Waals surface area contributed by atoms with E-state index < -0.39 is 11.8 Å². The van der Waals surface area contributed by atoms with Gasteiger partial charge in [-0.2, -0.15) is 0 Å². The second-order valence-electron chi connectivity index (χ2n) is 7.36. The molecule has 1 saturated heterocycles. The van der Waals surface area contributed by atoms with Crippen molar-refractivity contribution in [3.8, 4) is 11.5 Å². The molecule has 0 aliphatic carbocycles. The summed E-state index contributed by atoms with van der Waals surface area (Å²) >= 11 is 6.64. The van der Waals surface area contributed by atoms with Crippen LogP contribution in [-0.4, -0.2) is 22.8 Å². The first-order valence-corrected chi connectivity index (χ1v) is 11.7. The Morgan fingerprint density at radius 3 is 2.53 bits per heavy atom. The molecule has 0 N–H and O–H groups in total. The van der Waals surface area contributed by atoms with Gasteiger partial charge in [-0.1, -0.05) is 59.9 Å². The number of carbonyl (C=O) groups is 2. The van der Waals surface area contributed by atoms with E-state index in [1.54, 1.807) is 37.3 Å². The molecule has 4 rings (SSSR count). The van der Waals surface area contributed by atoms with Crippen LogP contribution in [0, 0.1) is 12.7 Å². The maximum Gasteiger partial charge on any atom is 0.346 e. The van der Waals surface area contributed by atoms with Crippen LogP contribution in [0.2, 0.25) is 0 Å². The van der Waals surface area contributed by atoms with Crippen molar-refractivity contribution in [2.24, 2.45) is 0 Å². The molecule has 8 heteroatoms. The molecule has 3 aromatic rings. The highest BCUT2D eigenvalue weighted by Gasteiger charge is 2.33. The predicted octanol–water partition coefficient (Wildman–Crippen LogP) is 6.16. The average molecular weight is 494 g/mol. The lowest BCUT2D eigenvalue weighted by molar-refractivity contribution is -0.113. The Kier molecular flexibility index (Phi) is 7.09. The monoisotopic (exact) mass is 493 g/mol. The van der Waals surface area contributed by atoms with E-state index in [2.05, 4.69) is 0 Å². The zero-order chi connectivity index (χ0) is 24.2. The van der Waals surface area contributed by atoms with E-state index in [1.807, 2.05) is 31.2 Å². The van der Waals surface area contributed by atoms with Crippen molar-refractivity contribution in [2.45, 2.75) is 13.8 Å². The molecule has 172 valence electrons. The van der Waals surface area contributed by atoms with Gasteiger partial charge in [0.1, 0.15) is 5.82 Å². The van der Waals surface area contributed by atoms with Crippen molar-refractivity contribution in [1.29, 1.82) is 0 Å². The van der Waals surface area contributed by atoms with Crippen molar-refractivity contribution in [3.05, 3.63) is 94.1 Å². The van der Waals surface area contributed by atoms with Crippen LogP contribution in [-0.2, 0) is 4.79 Å². The largest absolute Gasteiger partial charge is 0.490 e. The molecule has 1 heterocycles. The summed E-state index contributed by atoms with van der Waals surface area (Å²) in [4.78, 5) is 27.4. The van der Waals surface area contributed by atoms with E-state index in [0.29, 0.717) is 32.8 Å². The third-order valence-electron chi connectivity index (χ3n) is 4.95. The number of anilines is 1. The van der Waals surface area contributed by atoms with Gasteiger partial charge in [0.05, 0.1) is 22.8 Å². The van der Waals surface area contributed by atoms with Gasteiger partial charge in [-0.05, 0) is 61.9 Å². The number of esters is 1. The van der Waals surface area contributed by atoms with Crippen LogP contribution in [0.4, 0.5) is 10.1 Å². The Morgan fingerprint density at radius 2 is 1.82 bits per heavy atom. The summed E-state index contributed by atoms with van der Waals surface area (Å²) in [6.45, 7) is 4.09. The minimum Gasteiger partial charge on any atom is -0.490 e. The second-order valence-corrected chi connectivity index (χ2v) is 9.04. The quantitative estimate of drug-likeness (QED) is 0.177. The number of hydrogen-bond acceptors (Lipinski definition) is 6. The number of amides is 1. The molecule has 0 aromatic heterocycles. The van der Waals surface area contributed by atoms with Crippen LogP contribution in [0.25, 0.3) is 6.08 Å². The standard InChI is InChI=1S/C26H20FNO4S2/c1-3-31-22-14-17(10-13-21(22)32-25(30)19-6-4-5-7-20(19)27)15-23-24(29)28(26(33)34-23)18-11-8-16(2)9-12-18/h4-15H,3H2,1-2H3/b23-15-. The molecule has 0 radical (unpaired) electrons. The third kappa shape index (κ3) is 5.03. The molecule has 34 heavy (non-hydrogen) atoms. The third-order valence-corrected chi connectivity index (χ3v) is 6.25. The molecule has 0 unspecified atom stereocenters. The number of thiocarbonyl (C=S) groups is 1. The summed E-state index contributed by atoms with van der Waals surface area (Å²) in [5.41, 5.74) is 2.29. The Morgan fingerprint density at radius 1 is 1.09 bits per heavy atom. The van der Waals surface area contributed by atoms with Crippen LogP contribution in [0.3, 0.4) is 0 Å². The lowest BCUT2D eigenvalue weighted by Gasteiger charge is -2.14. The topological polar surface area (TPSA) is 55.8 Å². The molecule has 0 atom stereocenters. The van der Waals surface area contributed by atoms with E-state index in [1.165, 1.54) is 34.9 Å². The number of hydrogen-bond donors (Lipinski definition) is 0. The average Bonchev–Trinajstić information content (AvgIpc) is 3.09. The number of carbonyl (C=O) groups excluding carboxylic acids is 2. The van der Waals surface area contributed by atoms with Gasteiger partial charge in [0.2, 0.25) is 0 Å². The van der Waals surface area contributed by atoms with Gasteiger partial charge < -0.3 is 9.47 Å². The van der Waals surface area contributed by atoms with E-state index in [4.69, 9.17) is 21.7 Å². The van der Waals surface area contributed by atoms with Crippen LogP contribution in [0.15, 0.2) is 71.6 Å². The molecule has 1 aliphatic rings. The lowest BCUT2D eigenvalue weighted by atomic mass is 10.1. The van der Waals surface area contributed by atoms with Gasteiger partial charge in [0, 0.05) is 0 Å². The second kappa shape index (κ2) is 10.2. The first-order valence-electron chi connectivity index (χ1n) is 10.5. The van der Waals surface area contributed by atoms with Crippen molar-refractivity contribution in [2.75, 3.05) is 11.5 Å². The maximum absolute atomic E-state index is 13.9. The Hall–Kier alpha value is -3.49. The molecule has 5 nitrogen and oxygen atoms in total. The molecule has 3 aromatic carbocycles. The SMILES string of the molecule is CCOc1cc(/C=C2\SC(=S)N(c3ccc(C)cc3)C2=O)ccc1OC(=O)c1ccccc1F. The fourth-order valence-electron chi connectivity index (χ4n) is 3.28.